The Balaban J connectivity index is 1.63. The molecule has 1 aliphatic heterocycles. The normalized spacial score (nSPS) is 17.5. The molecule has 7 nitrogen and oxygen atoms in total. The summed E-state index contributed by atoms with van der Waals surface area (Å²) in [5.41, 5.74) is 7.98. The maximum absolute atomic E-state index is 12.5. The van der Waals surface area contributed by atoms with Gasteiger partial charge in [-0.15, -0.1) is 0 Å². The van der Waals surface area contributed by atoms with Crippen molar-refractivity contribution in [3.8, 4) is 0 Å². The van der Waals surface area contributed by atoms with Crippen LogP contribution in [0.4, 0.5) is 5.69 Å². The number of nitrogen functional groups attached to an aromatic ring is 1. The molecule has 2 aromatic heterocycles. The molecule has 0 aromatic carbocycles. The molecule has 3 heterocycles. The van der Waals surface area contributed by atoms with Crippen LogP contribution in [0.1, 0.15) is 23.9 Å². The highest BCUT2D eigenvalue weighted by atomic mass is 16.5. The molecule has 1 atom stereocenters. The van der Waals surface area contributed by atoms with Gasteiger partial charge in [0.1, 0.15) is 6.10 Å². The average molecular weight is 342 g/mol. The third-order valence-corrected chi connectivity index (χ3v) is 4.21. The number of hydrogen-bond donors (Lipinski definition) is 1. The summed E-state index contributed by atoms with van der Waals surface area (Å²) in [4.78, 5) is 30.4. The molecule has 7 heteroatoms. The number of aryl methyl sites for hydroxylation is 2. The van der Waals surface area contributed by atoms with Crippen molar-refractivity contribution in [1.29, 1.82) is 0 Å². The fourth-order valence-electron chi connectivity index (χ4n) is 2.96. The molecule has 0 aliphatic carbocycles. The lowest BCUT2D eigenvalue weighted by Crippen LogP contribution is -2.43. The van der Waals surface area contributed by atoms with E-state index in [9.17, 15) is 9.59 Å². The largest absolute Gasteiger partial charge is 0.399 e. The van der Waals surface area contributed by atoms with Crippen molar-refractivity contribution >= 4 is 11.6 Å². The van der Waals surface area contributed by atoms with E-state index < -0.39 is 0 Å². The van der Waals surface area contributed by atoms with Gasteiger partial charge in [-0.2, -0.15) is 0 Å². The first kappa shape index (κ1) is 17.2. The first-order chi connectivity index (χ1) is 12.0. The predicted octanol–water partition coefficient (Wildman–Crippen LogP) is 1.12. The zero-order valence-corrected chi connectivity index (χ0v) is 14.2. The minimum Gasteiger partial charge on any atom is -0.399 e. The van der Waals surface area contributed by atoms with Crippen molar-refractivity contribution in [3.63, 3.8) is 0 Å². The third-order valence-electron chi connectivity index (χ3n) is 4.21. The van der Waals surface area contributed by atoms with Crippen LogP contribution in [0.3, 0.4) is 0 Å². The second-order valence-electron chi connectivity index (χ2n) is 6.15. The molecule has 25 heavy (non-hydrogen) atoms. The summed E-state index contributed by atoms with van der Waals surface area (Å²) in [6.07, 6.45) is 1.69. The first-order valence-electron chi connectivity index (χ1n) is 8.32. The minimum atomic E-state index is -0.278. The van der Waals surface area contributed by atoms with Gasteiger partial charge in [0, 0.05) is 43.2 Å². The van der Waals surface area contributed by atoms with Gasteiger partial charge in [-0.05, 0) is 25.1 Å². The lowest BCUT2D eigenvalue weighted by Gasteiger charge is -2.33. The molecule has 0 unspecified atom stereocenters. The van der Waals surface area contributed by atoms with Crippen LogP contribution in [0, 0.1) is 6.92 Å². The molecule has 132 valence electrons. The molecule has 1 fully saturated rings. The number of amides is 1. The summed E-state index contributed by atoms with van der Waals surface area (Å²) in [5, 5.41) is 0. The molecule has 2 aromatic rings. The number of morpholine rings is 1. The average Bonchev–Trinajstić information content (AvgIpc) is 2.60. The number of ether oxygens (including phenoxy) is 1. The number of carbonyl (C=O) groups excluding carboxylic acids is 1. The fraction of sp³-hybridized carbons (Fsp3) is 0.389. The third kappa shape index (κ3) is 4.24. The number of carbonyl (C=O) groups is 1. The SMILES string of the molecule is Cc1cc(N)cc([C@@H]2CN(C(=O)CCn3ccccc3=O)CCO2)n1. The summed E-state index contributed by atoms with van der Waals surface area (Å²) in [7, 11) is 0. The summed E-state index contributed by atoms with van der Waals surface area (Å²) in [6, 6.07) is 8.54. The predicted molar refractivity (Wildman–Crippen MR) is 94.0 cm³/mol. The molecule has 0 spiro atoms. The fourth-order valence-corrected chi connectivity index (χ4v) is 2.96. The number of hydrogen-bond acceptors (Lipinski definition) is 5. The summed E-state index contributed by atoms with van der Waals surface area (Å²) in [6.45, 7) is 3.69. The standard InChI is InChI=1S/C18H22N4O3/c1-13-10-14(19)11-15(20-13)16-12-22(8-9-25-16)18(24)5-7-21-6-3-2-4-17(21)23/h2-4,6,10-11,16H,5,7-9,12H2,1H3,(H2,19,20)/t16-/m0/s1. The van der Waals surface area contributed by atoms with Crippen molar-refractivity contribution in [1.82, 2.24) is 14.5 Å². The van der Waals surface area contributed by atoms with Crippen LogP contribution in [0.2, 0.25) is 0 Å². The van der Waals surface area contributed by atoms with Gasteiger partial charge in [0.2, 0.25) is 5.91 Å². The monoisotopic (exact) mass is 342 g/mol. The van der Waals surface area contributed by atoms with Crippen molar-refractivity contribution in [2.24, 2.45) is 0 Å². The summed E-state index contributed by atoms with van der Waals surface area (Å²) >= 11 is 0. The van der Waals surface area contributed by atoms with E-state index in [0.29, 0.717) is 31.9 Å². The number of rotatable bonds is 4. The van der Waals surface area contributed by atoms with E-state index >= 15 is 0 Å². The number of anilines is 1. The first-order valence-corrected chi connectivity index (χ1v) is 8.32. The van der Waals surface area contributed by atoms with E-state index in [0.717, 1.165) is 11.4 Å². The lowest BCUT2D eigenvalue weighted by atomic mass is 10.1. The van der Waals surface area contributed by atoms with Crippen LogP contribution in [-0.4, -0.2) is 40.1 Å². The van der Waals surface area contributed by atoms with Crippen LogP contribution in [0.15, 0.2) is 41.3 Å². The number of nitrogens with two attached hydrogens (primary N) is 1. The van der Waals surface area contributed by atoms with Crippen LogP contribution < -0.4 is 11.3 Å². The highest BCUT2D eigenvalue weighted by Gasteiger charge is 2.26. The van der Waals surface area contributed by atoms with Crippen molar-refractivity contribution in [2.45, 2.75) is 26.0 Å². The highest BCUT2D eigenvalue weighted by Crippen LogP contribution is 2.23. The molecule has 1 saturated heterocycles. The van der Waals surface area contributed by atoms with Crippen molar-refractivity contribution in [3.05, 3.63) is 58.3 Å². The molecule has 0 saturated carbocycles. The van der Waals surface area contributed by atoms with Gasteiger partial charge in [0.05, 0.1) is 18.8 Å². The number of pyridine rings is 2. The molecule has 1 aliphatic rings. The van der Waals surface area contributed by atoms with Gasteiger partial charge >= 0.3 is 0 Å². The van der Waals surface area contributed by atoms with Gasteiger partial charge in [-0.3, -0.25) is 14.6 Å². The van der Waals surface area contributed by atoms with E-state index in [1.807, 2.05) is 6.92 Å². The maximum Gasteiger partial charge on any atom is 0.250 e. The second kappa shape index (κ2) is 7.48. The van der Waals surface area contributed by atoms with Crippen LogP contribution >= 0.6 is 0 Å². The zero-order valence-electron chi connectivity index (χ0n) is 14.2. The van der Waals surface area contributed by atoms with Crippen LogP contribution in [-0.2, 0) is 16.1 Å². The van der Waals surface area contributed by atoms with Crippen LogP contribution in [0.25, 0.3) is 0 Å². The Morgan fingerprint density at radius 1 is 1.40 bits per heavy atom. The molecular formula is C18H22N4O3. The van der Waals surface area contributed by atoms with Gasteiger partial charge in [-0.1, -0.05) is 6.07 Å². The smallest absolute Gasteiger partial charge is 0.250 e. The number of nitrogens with zero attached hydrogens (tertiary/aromatic N) is 3. The Labute approximate surface area is 146 Å². The minimum absolute atomic E-state index is 0.00433. The highest BCUT2D eigenvalue weighted by molar-refractivity contribution is 5.76. The Morgan fingerprint density at radius 2 is 2.24 bits per heavy atom. The van der Waals surface area contributed by atoms with E-state index in [1.165, 1.54) is 6.07 Å². The van der Waals surface area contributed by atoms with Gasteiger partial charge < -0.3 is 19.9 Å². The van der Waals surface area contributed by atoms with Gasteiger partial charge in [-0.25, -0.2) is 0 Å². The Bertz CT molecular complexity index is 798. The second-order valence-corrected chi connectivity index (χ2v) is 6.15. The van der Waals surface area contributed by atoms with Gasteiger partial charge in [0.15, 0.2) is 0 Å². The van der Waals surface area contributed by atoms with E-state index in [4.69, 9.17) is 10.5 Å². The van der Waals surface area contributed by atoms with E-state index in [-0.39, 0.29) is 24.0 Å². The molecule has 2 N–H and O–H groups in total. The van der Waals surface area contributed by atoms with E-state index in [2.05, 4.69) is 4.98 Å². The van der Waals surface area contributed by atoms with Gasteiger partial charge in [0.25, 0.3) is 5.56 Å². The molecule has 0 radical (unpaired) electrons. The zero-order chi connectivity index (χ0) is 17.8. The summed E-state index contributed by atoms with van der Waals surface area (Å²) < 4.78 is 7.31. The molecule has 0 bridgehead atoms. The molecular weight excluding hydrogens is 320 g/mol. The van der Waals surface area contributed by atoms with E-state index in [1.54, 1.807) is 39.9 Å². The number of aromatic nitrogens is 2. The molecule has 1 amide bonds. The maximum atomic E-state index is 12.5. The Morgan fingerprint density at radius 3 is 3.00 bits per heavy atom. The van der Waals surface area contributed by atoms with Crippen molar-refractivity contribution < 1.29 is 9.53 Å². The lowest BCUT2D eigenvalue weighted by molar-refractivity contribution is -0.139. The molecule has 3 rings (SSSR count). The quantitative estimate of drug-likeness (QED) is 0.899. The Kier molecular flexibility index (Phi) is 5.14. The topological polar surface area (TPSA) is 90.5 Å². The van der Waals surface area contributed by atoms with Crippen molar-refractivity contribution in [2.75, 3.05) is 25.4 Å². The summed E-state index contributed by atoms with van der Waals surface area (Å²) in [5.74, 6) is 0.00433. The van der Waals surface area contributed by atoms with Crippen LogP contribution in [0.5, 0.6) is 0 Å². The Hall–Kier alpha value is -2.67.